The fourth-order valence-corrected chi connectivity index (χ4v) is 4.43. The summed E-state index contributed by atoms with van der Waals surface area (Å²) in [6.07, 6.45) is 1.82. The van der Waals surface area contributed by atoms with E-state index in [4.69, 9.17) is 16.3 Å². The van der Waals surface area contributed by atoms with Crippen LogP contribution in [0.15, 0.2) is 41.1 Å². The van der Waals surface area contributed by atoms with Gasteiger partial charge in [-0.15, -0.1) is 0 Å². The van der Waals surface area contributed by atoms with Crippen molar-refractivity contribution in [2.24, 2.45) is 0 Å². The van der Waals surface area contributed by atoms with E-state index in [1.807, 2.05) is 6.07 Å². The van der Waals surface area contributed by atoms with Gasteiger partial charge in [0.2, 0.25) is 5.88 Å². The second-order valence-corrected chi connectivity index (χ2v) is 8.87. The summed E-state index contributed by atoms with van der Waals surface area (Å²) in [6.45, 7) is 5.22. The molecule has 0 amide bonds. The molecule has 0 radical (unpaired) electrons. The van der Waals surface area contributed by atoms with Gasteiger partial charge in [-0.3, -0.25) is 4.90 Å². The number of halogens is 3. The maximum absolute atomic E-state index is 14.5. The average Bonchev–Trinajstić information content (AvgIpc) is 2.77. The van der Waals surface area contributed by atoms with Crippen LogP contribution in [0.1, 0.15) is 18.9 Å². The largest absolute Gasteiger partial charge is 0.493 e. The third-order valence-electron chi connectivity index (χ3n) is 5.57. The van der Waals surface area contributed by atoms with E-state index in [2.05, 4.69) is 67.3 Å². The van der Waals surface area contributed by atoms with Gasteiger partial charge in [0, 0.05) is 31.7 Å². The Bertz CT molecular complexity index is 1070. The van der Waals surface area contributed by atoms with Crippen LogP contribution >= 0.6 is 27.5 Å². The zero-order valence-corrected chi connectivity index (χ0v) is 19.3. The molecule has 9 heteroatoms. The van der Waals surface area contributed by atoms with Gasteiger partial charge in [-0.2, -0.15) is 0 Å². The molecule has 2 atom stereocenters. The predicted octanol–water partition coefficient (Wildman–Crippen LogP) is 4.52. The number of benzene rings is 2. The van der Waals surface area contributed by atoms with Crippen LogP contribution in [0.4, 0.5) is 4.39 Å². The summed E-state index contributed by atoms with van der Waals surface area (Å²) in [5, 5.41) is 13.8. The fraction of sp³-hybridized carbons (Fsp3) is 0.364. The van der Waals surface area contributed by atoms with Crippen molar-refractivity contribution in [1.82, 2.24) is 20.2 Å². The Hall–Kier alpha value is -2.00. The third-order valence-corrected chi connectivity index (χ3v) is 6.90. The van der Waals surface area contributed by atoms with Gasteiger partial charge < -0.3 is 15.2 Å². The van der Waals surface area contributed by atoms with Crippen LogP contribution in [-0.2, 0) is 6.54 Å². The molecule has 3 aromatic rings. The Morgan fingerprint density at radius 2 is 2.10 bits per heavy atom. The van der Waals surface area contributed by atoms with Gasteiger partial charge in [0.1, 0.15) is 22.3 Å². The minimum Gasteiger partial charge on any atom is -0.493 e. The Balaban J connectivity index is 1.44. The summed E-state index contributed by atoms with van der Waals surface area (Å²) >= 11 is 9.44. The third kappa shape index (κ3) is 4.77. The molecule has 0 saturated carbocycles. The molecule has 4 rings (SSSR count). The number of fused-ring (bicyclic) bond motifs is 1. The molecule has 1 aliphatic rings. The van der Waals surface area contributed by atoms with E-state index in [0.29, 0.717) is 12.6 Å². The number of ether oxygens (including phenoxy) is 1. The number of nitrogens with zero attached hydrogens (tertiary/aromatic N) is 3. The molecule has 1 fully saturated rings. The maximum atomic E-state index is 14.5. The Morgan fingerprint density at radius 3 is 2.87 bits per heavy atom. The maximum Gasteiger partial charge on any atom is 0.225 e. The van der Waals surface area contributed by atoms with Crippen LogP contribution in [0, 0.1) is 5.82 Å². The van der Waals surface area contributed by atoms with Crippen molar-refractivity contribution in [3.63, 3.8) is 0 Å². The fourth-order valence-electron chi connectivity index (χ4n) is 3.83. The number of hydrogen-bond donors (Lipinski definition) is 2. The number of aromatic nitrogens is 2. The normalized spacial score (nSPS) is 19.6. The molecule has 164 valence electrons. The number of rotatable bonds is 6. The summed E-state index contributed by atoms with van der Waals surface area (Å²) in [7, 11) is 0. The highest BCUT2D eigenvalue weighted by Crippen LogP contribution is 2.43. The first-order valence-corrected chi connectivity index (χ1v) is 11.3. The van der Waals surface area contributed by atoms with Crippen LogP contribution in [-0.4, -0.2) is 51.8 Å². The highest BCUT2D eigenvalue weighted by molar-refractivity contribution is 9.10. The molecule has 0 bridgehead atoms. The van der Waals surface area contributed by atoms with E-state index in [-0.39, 0.29) is 38.1 Å². The van der Waals surface area contributed by atoms with Gasteiger partial charge >= 0.3 is 0 Å². The first kappa shape index (κ1) is 22.2. The number of nitrogens with one attached hydrogen (secondary N) is 1. The highest BCUT2D eigenvalue weighted by atomic mass is 79.9. The SMILES string of the molecule is C[C@H]1CN[C@@H](CCOc2c(Cl)c(Br)c(F)c3ncnc(O)c23)CN1Cc1ccccc1. The number of piperazine rings is 1. The van der Waals surface area contributed by atoms with Crippen molar-refractivity contribution in [3.8, 4) is 11.6 Å². The summed E-state index contributed by atoms with van der Waals surface area (Å²) < 4.78 is 20.5. The molecule has 0 spiro atoms. The molecule has 31 heavy (non-hydrogen) atoms. The Kier molecular flexibility index (Phi) is 6.91. The van der Waals surface area contributed by atoms with E-state index >= 15 is 0 Å². The molecule has 2 aromatic carbocycles. The second-order valence-electron chi connectivity index (χ2n) is 7.70. The van der Waals surface area contributed by atoms with E-state index in [0.717, 1.165) is 32.4 Å². The Labute approximate surface area is 193 Å². The van der Waals surface area contributed by atoms with E-state index in [9.17, 15) is 9.50 Å². The lowest BCUT2D eigenvalue weighted by molar-refractivity contribution is 0.122. The van der Waals surface area contributed by atoms with Crippen LogP contribution in [0.5, 0.6) is 11.6 Å². The van der Waals surface area contributed by atoms with Crippen molar-refractivity contribution >= 4 is 38.4 Å². The molecular weight excluding hydrogens is 487 g/mol. The Morgan fingerprint density at radius 1 is 1.32 bits per heavy atom. The first-order valence-electron chi connectivity index (χ1n) is 10.1. The van der Waals surface area contributed by atoms with E-state index < -0.39 is 5.82 Å². The molecule has 0 unspecified atom stereocenters. The molecule has 2 N–H and O–H groups in total. The van der Waals surface area contributed by atoms with E-state index in [1.165, 1.54) is 5.56 Å². The van der Waals surface area contributed by atoms with Gasteiger partial charge in [0.25, 0.3) is 0 Å². The zero-order chi connectivity index (χ0) is 22.0. The van der Waals surface area contributed by atoms with Gasteiger partial charge in [-0.1, -0.05) is 41.9 Å². The lowest BCUT2D eigenvalue weighted by atomic mass is 10.1. The zero-order valence-electron chi connectivity index (χ0n) is 17.0. The lowest BCUT2D eigenvalue weighted by Gasteiger charge is -2.39. The molecule has 0 aliphatic carbocycles. The summed E-state index contributed by atoms with van der Waals surface area (Å²) in [5.74, 6) is -0.857. The number of hydrogen-bond acceptors (Lipinski definition) is 6. The second kappa shape index (κ2) is 9.65. The van der Waals surface area contributed by atoms with Gasteiger partial charge in [-0.05, 0) is 34.8 Å². The molecule has 1 aromatic heterocycles. The van der Waals surface area contributed by atoms with Gasteiger partial charge in [0.15, 0.2) is 11.6 Å². The molecule has 6 nitrogen and oxygen atoms in total. The molecule has 1 aliphatic heterocycles. The van der Waals surface area contributed by atoms with Crippen molar-refractivity contribution < 1.29 is 14.2 Å². The lowest BCUT2D eigenvalue weighted by Crippen LogP contribution is -2.55. The number of aromatic hydroxyl groups is 1. The topological polar surface area (TPSA) is 70.5 Å². The first-order chi connectivity index (χ1) is 15.0. The standard InChI is InChI=1S/C22H23BrClFN4O2/c1-13-9-26-15(11-29(13)10-14-5-3-2-4-6-14)7-8-31-21-16-20(27-12-28-22(16)30)19(25)17(23)18(21)24/h2-6,12-13,15,26H,7-11H2,1H3,(H,27,28,30)/t13-,15-/m0/s1. The minimum atomic E-state index is -0.662. The monoisotopic (exact) mass is 508 g/mol. The molecule has 1 saturated heterocycles. The average molecular weight is 510 g/mol. The molecular formula is C22H23BrClFN4O2. The van der Waals surface area contributed by atoms with Crippen LogP contribution in [0.3, 0.4) is 0 Å². The van der Waals surface area contributed by atoms with Gasteiger partial charge in [-0.25, -0.2) is 14.4 Å². The van der Waals surface area contributed by atoms with Crippen LogP contribution in [0.25, 0.3) is 10.9 Å². The predicted molar refractivity (Wildman–Crippen MR) is 122 cm³/mol. The summed E-state index contributed by atoms with van der Waals surface area (Å²) in [4.78, 5) is 10.1. The minimum absolute atomic E-state index is 0.0440. The summed E-state index contributed by atoms with van der Waals surface area (Å²) in [5.41, 5.74) is 1.24. The van der Waals surface area contributed by atoms with Crippen LogP contribution < -0.4 is 10.1 Å². The summed E-state index contributed by atoms with van der Waals surface area (Å²) in [6, 6.07) is 11.1. The van der Waals surface area contributed by atoms with Crippen molar-refractivity contribution in [3.05, 3.63) is 57.5 Å². The van der Waals surface area contributed by atoms with Crippen molar-refractivity contribution in [2.75, 3.05) is 19.7 Å². The van der Waals surface area contributed by atoms with E-state index in [1.54, 1.807) is 0 Å². The smallest absolute Gasteiger partial charge is 0.225 e. The van der Waals surface area contributed by atoms with Crippen LogP contribution in [0.2, 0.25) is 5.02 Å². The quantitative estimate of drug-likeness (QED) is 0.476. The van der Waals surface area contributed by atoms with Crippen molar-refractivity contribution in [1.29, 1.82) is 0 Å². The van der Waals surface area contributed by atoms with Crippen molar-refractivity contribution in [2.45, 2.75) is 32.0 Å². The highest BCUT2D eigenvalue weighted by Gasteiger charge is 2.26. The van der Waals surface area contributed by atoms with Gasteiger partial charge in [0.05, 0.1) is 11.1 Å². The molecule has 2 heterocycles.